The van der Waals surface area contributed by atoms with Gasteiger partial charge in [-0.05, 0) is 59.2 Å². The highest BCUT2D eigenvalue weighted by molar-refractivity contribution is 9.11. The molecule has 1 aliphatic rings. The van der Waals surface area contributed by atoms with Crippen LogP contribution in [0.25, 0.3) is 0 Å². The van der Waals surface area contributed by atoms with E-state index in [1.807, 2.05) is 13.0 Å². The van der Waals surface area contributed by atoms with Crippen molar-refractivity contribution in [2.75, 3.05) is 11.9 Å². The molecule has 1 fully saturated rings. The molecule has 1 heterocycles. The Labute approximate surface area is 122 Å². The van der Waals surface area contributed by atoms with Gasteiger partial charge in [0.2, 0.25) is 0 Å². The molecular formula is C12H15Br2NOS. The molecule has 1 aromatic rings. The first-order chi connectivity index (χ1) is 8.06. The van der Waals surface area contributed by atoms with Crippen LogP contribution in [0, 0.1) is 12.3 Å². The number of thiophene rings is 1. The van der Waals surface area contributed by atoms with E-state index in [9.17, 15) is 4.79 Å². The molecule has 94 valence electrons. The largest absolute Gasteiger partial charge is 0.351 e. The van der Waals surface area contributed by atoms with Crippen LogP contribution in [-0.2, 0) is 0 Å². The van der Waals surface area contributed by atoms with Crippen LogP contribution in [0.4, 0.5) is 0 Å². The van der Waals surface area contributed by atoms with Crippen LogP contribution in [0.5, 0.6) is 0 Å². The normalized spacial score (nSPS) is 16.9. The van der Waals surface area contributed by atoms with E-state index >= 15 is 0 Å². The van der Waals surface area contributed by atoms with Gasteiger partial charge in [-0.3, -0.25) is 4.79 Å². The van der Waals surface area contributed by atoms with Gasteiger partial charge < -0.3 is 5.32 Å². The van der Waals surface area contributed by atoms with Gasteiger partial charge in [0.1, 0.15) is 0 Å². The Bertz CT molecular complexity index is 407. The average molecular weight is 381 g/mol. The van der Waals surface area contributed by atoms with Crippen molar-refractivity contribution in [3.05, 3.63) is 20.3 Å². The van der Waals surface area contributed by atoms with Gasteiger partial charge in [-0.1, -0.05) is 15.9 Å². The maximum absolute atomic E-state index is 12.0. The van der Waals surface area contributed by atoms with Crippen molar-refractivity contribution < 1.29 is 4.79 Å². The lowest BCUT2D eigenvalue weighted by molar-refractivity contribution is 0.0948. The van der Waals surface area contributed by atoms with Gasteiger partial charge in [-0.2, -0.15) is 0 Å². The fourth-order valence-corrected chi connectivity index (χ4v) is 4.11. The third-order valence-electron chi connectivity index (χ3n) is 3.29. The first-order valence-electron chi connectivity index (χ1n) is 5.66. The fourth-order valence-electron chi connectivity index (χ4n) is 1.82. The predicted molar refractivity (Wildman–Crippen MR) is 79.2 cm³/mol. The molecule has 1 aromatic heterocycles. The number of amides is 1. The number of carbonyl (C=O) groups is 1. The second kappa shape index (κ2) is 5.41. The van der Waals surface area contributed by atoms with Gasteiger partial charge in [0.05, 0.1) is 8.66 Å². The van der Waals surface area contributed by atoms with E-state index in [1.54, 1.807) is 0 Å². The highest BCUT2D eigenvalue weighted by Gasteiger charge is 2.41. The molecule has 0 radical (unpaired) electrons. The van der Waals surface area contributed by atoms with E-state index in [4.69, 9.17) is 0 Å². The summed E-state index contributed by atoms with van der Waals surface area (Å²) in [7, 11) is 0. The lowest BCUT2D eigenvalue weighted by Gasteiger charge is -2.13. The molecule has 2 nitrogen and oxygen atoms in total. The third kappa shape index (κ3) is 3.32. The second-order valence-corrected chi connectivity index (χ2v) is 7.85. The number of rotatable bonds is 5. The van der Waals surface area contributed by atoms with Gasteiger partial charge in [0.25, 0.3) is 5.91 Å². The van der Waals surface area contributed by atoms with Crippen LogP contribution in [-0.4, -0.2) is 17.8 Å². The molecule has 0 spiro atoms. The summed E-state index contributed by atoms with van der Waals surface area (Å²) in [5.41, 5.74) is 1.50. The van der Waals surface area contributed by atoms with Gasteiger partial charge in [0, 0.05) is 11.9 Å². The average Bonchev–Trinajstić information content (AvgIpc) is 2.97. The Kier molecular flexibility index (Phi) is 4.31. The van der Waals surface area contributed by atoms with Crippen LogP contribution >= 0.6 is 43.2 Å². The minimum Gasteiger partial charge on any atom is -0.351 e. The highest BCUT2D eigenvalue weighted by Crippen LogP contribution is 2.48. The van der Waals surface area contributed by atoms with Crippen molar-refractivity contribution >= 4 is 49.1 Å². The summed E-state index contributed by atoms with van der Waals surface area (Å²) >= 11 is 8.42. The maximum Gasteiger partial charge on any atom is 0.261 e. The van der Waals surface area contributed by atoms with Crippen LogP contribution in [0.1, 0.15) is 34.5 Å². The van der Waals surface area contributed by atoms with Crippen LogP contribution in [0.15, 0.2) is 9.85 Å². The van der Waals surface area contributed by atoms with Crippen LogP contribution < -0.4 is 5.32 Å². The molecule has 17 heavy (non-hydrogen) atoms. The van der Waals surface area contributed by atoms with Crippen molar-refractivity contribution in [1.82, 2.24) is 5.32 Å². The van der Waals surface area contributed by atoms with Crippen LogP contribution in [0.2, 0.25) is 0 Å². The number of alkyl halides is 1. The van der Waals surface area contributed by atoms with E-state index in [2.05, 4.69) is 37.2 Å². The lowest BCUT2D eigenvalue weighted by Crippen LogP contribution is -2.29. The fraction of sp³-hybridized carbons (Fsp3) is 0.583. The third-order valence-corrected chi connectivity index (χ3v) is 5.82. The van der Waals surface area contributed by atoms with Gasteiger partial charge in [0.15, 0.2) is 0 Å². The van der Waals surface area contributed by atoms with E-state index in [0.29, 0.717) is 5.41 Å². The first kappa shape index (κ1) is 13.6. The summed E-state index contributed by atoms with van der Waals surface area (Å²) in [5, 5.41) is 4.08. The van der Waals surface area contributed by atoms with Crippen molar-refractivity contribution in [3.63, 3.8) is 0 Å². The summed E-state index contributed by atoms with van der Waals surface area (Å²) in [4.78, 5) is 12.8. The summed E-state index contributed by atoms with van der Waals surface area (Å²) < 4.78 is 1.05. The van der Waals surface area contributed by atoms with Crippen molar-refractivity contribution in [1.29, 1.82) is 0 Å². The zero-order valence-electron chi connectivity index (χ0n) is 9.69. The first-order valence-corrected chi connectivity index (χ1v) is 8.39. The van der Waals surface area contributed by atoms with Gasteiger partial charge in [-0.25, -0.2) is 0 Å². The Morgan fingerprint density at radius 1 is 1.59 bits per heavy atom. The molecule has 0 unspecified atom stereocenters. The molecule has 2 rings (SSSR count). The van der Waals surface area contributed by atoms with Crippen molar-refractivity contribution in [2.24, 2.45) is 5.41 Å². The molecule has 1 aliphatic carbocycles. The molecule has 0 aromatic carbocycles. The minimum atomic E-state index is 0.0599. The predicted octanol–water partition coefficient (Wildman–Crippen LogP) is 4.11. The molecule has 1 saturated carbocycles. The van der Waals surface area contributed by atoms with Crippen molar-refractivity contribution in [2.45, 2.75) is 26.2 Å². The molecule has 1 amide bonds. The van der Waals surface area contributed by atoms with E-state index in [0.717, 1.165) is 32.5 Å². The number of hydrogen-bond donors (Lipinski definition) is 1. The Hall–Kier alpha value is 0.130. The minimum absolute atomic E-state index is 0.0599. The monoisotopic (exact) mass is 379 g/mol. The molecule has 0 saturated heterocycles. The molecule has 0 atom stereocenters. The van der Waals surface area contributed by atoms with E-state index in [-0.39, 0.29) is 5.91 Å². The van der Waals surface area contributed by atoms with Gasteiger partial charge in [-0.15, -0.1) is 11.3 Å². The Balaban J connectivity index is 1.89. The summed E-state index contributed by atoms with van der Waals surface area (Å²) in [6.07, 6.45) is 3.64. The Morgan fingerprint density at radius 3 is 2.76 bits per heavy atom. The number of nitrogens with one attached hydrogen (secondary N) is 1. The smallest absolute Gasteiger partial charge is 0.261 e. The molecule has 1 N–H and O–H groups in total. The lowest BCUT2D eigenvalue weighted by atomic mass is 10.0. The number of aryl methyl sites for hydroxylation is 1. The standard InChI is InChI=1S/C12H15Br2NOS/c1-8-6-9(17-10(8)14)11(16)15-7-12(2-3-12)4-5-13/h6H,2-5,7H2,1H3,(H,15,16). The second-order valence-electron chi connectivity index (χ2n) is 4.69. The number of halogens is 2. The maximum atomic E-state index is 12.0. The quantitative estimate of drug-likeness (QED) is 0.765. The van der Waals surface area contributed by atoms with Gasteiger partial charge >= 0.3 is 0 Å². The zero-order chi connectivity index (χ0) is 12.5. The van der Waals surface area contributed by atoms with E-state index in [1.165, 1.54) is 24.2 Å². The van der Waals surface area contributed by atoms with E-state index < -0.39 is 0 Å². The topological polar surface area (TPSA) is 29.1 Å². The van der Waals surface area contributed by atoms with Crippen LogP contribution in [0.3, 0.4) is 0 Å². The van der Waals surface area contributed by atoms with Crippen molar-refractivity contribution in [3.8, 4) is 0 Å². The molecule has 0 aliphatic heterocycles. The summed E-state index contributed by atoms with van der Waals surface area (Å²) in [5.74, 6) is 0.0599. The Morgan fingerprint density at radius 2 is 2.29 bits per heavy atom. The number of carbonyl (C=O) groups excluding carboxylic acids is 1. The molecule has 0 bridgehead atoms. The molecular weight excluding hydrogens is 366 g/mol. The summed E-state index contributed by atoms with van der Waals surface area (Å²) in [6, 6.07) is 1.94. The SMILES string of the molecule is Cc1cc(C(=O)NCC2(CCBr)CC2)sc1Br. The highest BCUT2D eigenvalue weighted by atomic mass is 79.9. The zero-order valence-corrected chi connectivity index (χ0v) is 13.7. The number of hydrogen-bond acceptors (Lipinski definition) is 2. The summed E-state index contributed by atoms with van der Waals surface area (Å²) in [6.45, 7) is 2.82. The molecule has 5 heteroatoms.